The Balaban J connectivity index is 1.38. The zero-order valence-corrected chi connectivity index (χ0v) is 21.9. The predicted octanol–water partition coefficient (Wildman–Crippen LogP) is 5.70. The third-order valence-corrected chi connectivity index (χ3v) is 8.70. The molecule has 36 heavy (non-hydrogen) atoms. The third kappa shape index (κ3) is 6.25. The molecule has 4 rings (SSSR count). The Morgan fingerprint density at radius 3 is 2.58 bits per heavy atom. The second-order valence-electron chi connectivity index (χ2n) is 9.18. The van der Waals surface area contributed by atoms with Crippen LogP contribution < -0.4 is 4.67 Å². The van der Waals surface area contributed by atoms with Crippen molar-refractivity contribution in [3.63, 3.8) is 0 Å². The smallest absolute Gasteiger partial charge is 0.436 e. The predicted molar refractivity (Wildman–Crippen MR) is 136 cm³/mol. The fourth-order valence-electron chi connectivity index (χ4n) is 4.70. The molecule has 0 saturated carbocycles. The Morgan fingerprint density at radius 1 is 1.11 bits per heavy atom. The molecule has 1 aromatic carbocycles. The van der Waals surface area contributed by atoms with E-state index in [9.17, 15) is 9.36 Å². The standard InChI is InChI=1S/C26H35FN3O5P/c1-3-34-36(32,35-4-2)30-17-8-11-22-12-13-23(28-24(22)30)14-15-26(27)16-18-29(20-26)25(31)33-19-21-9-6-5-7-10-21/h5-7,9-10,12-13H,3-4,8,11,14-20H2,1-2H3/t26-/m0/s1. The Morgan fingerprint density at radius 2 is 1.86 bits per heavy atom. The number of nitrogens with zero attached hydrogens (tertiary/aromatic N) is 3. The topological polar surface area (TPSA) is 81.2 Å². The Hall–Kier alpha value is -2.48. The van der Waals surface area contributed by atoms with Crippen LogP contribution >= 0.6 is 7.75 Å². The lowest BCUT2D eigenvalue weighted by molar-refractivity contribution is 0.0924. The van der Waals surface area contributed by atoms with Crippen molar-refractivity contribution >= 4 is 19.7 Å². The number of pyridine rings is 1. The number of aryl methyl sites for hydroxylation is 2. The maximum atomic E-state index is 15.6. The molecule has 0 bridgehead atoms. The summed E-state index contributed by atoms with van der Waals surface area (Å²) in [5.41, 5.74) is 1.08. The highest BCUT2D eigenvalue weighted by Gasteiger charge is 2.41. The first kappa shape index (κ1) is 26.6. The van der Waals surface area contributed by atoms with Crippen LogP contribution in [0.2, 0.25) is 0 Å². The van der Waals surface area contributed by atoms with Crippen LogP contribution in [0.5, 0.6) is 0 Å². The van der Waals surface area contributed by atoms with Crippen molar-refractivity contribution in [1.29, 1.82) is 0 Å². The number of carbonyl (C=O) groups excluding carboxylic acids is 1. The summed E-state index contributed by atoms with van der Waals surface area (Å²) in [6.07, 6.45) is 2.04. The minimum absolute atomic E-state index is 0.00156. The summed E-state index contributed by atoms with van der Waals surface area (Å²) >= 11 is 0. The van der Waals surface area contributed by atoms with Gasteiger partial charge in [0.05, 0.1) is 19.8 Å². The lowest BCUT2D eigenvalue weighted by Gasteiger charge is -2.34. The molecule has 1 aromatic heterocycles. The molecule has 196 valence electrons. The summed E-state index contributed by atoms with van der Waals surface area (Å²) < 4.78 is 47.2. The average Bonchev–Trinajstić information content (AvgIpc) is 3.29. The van der Waals surface area contributed by atoms with Gasteiger partial charge in [-0.15, -0.1) is 0 Å². The van der Waals surface area contributed by atoms with E-state index in [-0.39, 0.29) is 39.2 Å². The number of hydrogen-bond donors (Lipinski definition) is 0. The SMILES string of the molecule is CCOP(=O)(OCC)N1CCCc2ccc(CC[C@]3(F)CCN(C(=O)OCc4ccccc4)C3)nc21. The number of anilines is 1. The van der Waals surface area contributed by atoms with Gasteiger partial charge in [-0.25, -0.2) is 18.7 Å². The number of ether oxygens (including phenoxy) is 1. The molecule has 3 heterocycles. The number of likely N-dealkylation sites (tertiary alicyclic amines) is 1. The quantitative estimate of drug-likeness (QED) is 0.373. The third-order valence-electron chi connectivity index (χ3n) is 6.55. The van der Waals surface area contributed by atoms with Crippen molar-refractivity contribution in [3.05, 3.63) is 59.3 Å². The molecule has 0 radical (unpaired) electrons. The number of benzene rings is 1. The Labute approximate surface area is 212 Å². The van der Waals surface area contributed by atoms with E-state index in [0.717, 1.165) is 24.0 Å². The molecule has 1 atom stereocenters. The van der Waals surface area contributed by atoms with Crippen LogP contribution in [-0.4, -0.2) is 54.5 Å². The Kier molecular flexibility index (Phi) is 8.65. The van der Waals surface area contributed by atoms with E-state index in [2.05, 4.69) is 0 Å². The van der Waals surface area contributed by atoms with Gasteiger partial charge in [0.2, 0.25) is 0 Å². The summed E-state index contributed by atoms with van der Waals surface area (Å²) in [7, 11) is -3.51. The van der Waals surface area contributed by atoms with Crippen molar-refractivity contribution in [2.75, 3.05) is 37.5 Å². The summed E-state index contributed by atoms with van der Waals surface area (Å²) in [5, 5.41) is 0. The molecule has 1 saturated heterocycles. The molecule has 1 amide bonds. The minimum Gasteiger partial charge on any atom is -0.445 e. The number of aromatic nitrogens is 1. The molecular weight excluding hydrogens is 484 g/mol. The van der Waals surface area contributed by atoms with Gasteiger partial charge in [0, 0.05) is 25.2 Å². The molecule has 2 aliphatic rings. The summed E-state index contributed by atoms with van der Waals surface area (Å²) in [4.78, 5) is 18.6. The van der Waals surface area contributed by atoms with E-state index in [0.29, 0.717) is 31.0 Å². The number of hydrogen-bond acceptors (Lipinski definition) is 6. The first-order valence-corrected chi connectivity index (χ1v) is 14.2. The average molecular weight is 520 g/mol. The summed E-state index contributed by atoms with van der Waals surface area (Å²) in [5.74, 6) is 0.592. The molecule has 1 fully saturated rings. The number of rotatable bonds is 10. The highest BCUT2D eigenvalue weighted by Crippen LogP contribution is 2.55. The van der Waals surface area contributed by atoms with Gasteiger partial charge in [-0.3, -0.25) is 13.7 Å². The van der Waals surface area contributed by atoms with E-state index in [4.69, 9.17) is 18.8 Å². The fraction of sp³-hybridized carbons (Fsp3) is 0.538. The second kappa shape index (κ2) is 11.7. The van der Waals surface area contributed by atoms with Crippen molar-refractivity contribution in [2.24, 2.45) is 0 Å². The minimum atomic E-state index is -3.51. The number of carbonyl (C=O) groups is 1. The van der Waals surface area contributed by atoms with Crippen LogP contribution in [-0.2, 0) is 37.8 Å². The van der Waals surface area contributed by atoms with Crippen LogP contribution in [0, 0.1) is 0 Å². The molecule has 2 aliphatic heterocycles. The van der Waals surface area contributed by atoms with Gasteiger partial charge in [0.15, 0.2) is 0 Å². The second-order valence-corrected chi connectivity index (χ2v) is 11.1. The molecule has 2 aromatic rings. The van der Waals surface area contributed by atoms with Gasteiger partial charge in [-0.05, 0) is 56.7 Å². The molecule has 0 aliphatic carbocycles. The fourth-order valence-corrected chi connectivity index (χ4v) is 6.50. The van der Waals surface area contributed by atoms with E-state index in [1.807, 2.05) is 42.5 Å². The zero-order valence-electron chi connectivity index (χ0n) is 21.0. The normalized spacial score (nSPS) is 19.9. The first-order chi connectivity index (χ1) is 17.4. The van der Waals surface area contributed by atoms with Crippen molar-refractivity contribution in [3.8, 4) is 0 Å². The maximum absolute atomic E-state index is 15.6. The molecular formula is C26H35FN3O5P. The van der Waals surface area contributed by atoms with E-state index in [1.165, 1.54) is 4.90 Å². The monoisotopic (exact) mass is 519 g/mol. The zero-order chi connectivity index (χ0) is 25.6. The van der Waals surface area contributed by atoms with Gasteiger partial charge in [-0.2, -0.15) is 0 Å². The van der Waals surface area contributed by atoms with Crippen molar-refractivity contribution < 1.29 is 27.5 Å². The molecule has 8 nitrogen and oxygen atoms in total. The highest BCUT2D eigenvalue weighted by atomic mass is 31.2. The lowest BCUT2D eigenvalue weighted by Crippen LogP contribution is -2.34. The number of halogens is 1. The van der Waals surface area contributed by atoms with Crippen LogP contribution in [0.15, 0.2) is 42.5 Å². The number of fused-ring (bicyclic) bond motifs is 1. The molecule has 0 unspecified atom stereocenters. The van der Waals surface area contributed by atoms with Gasteiger partial charge >= 0.3 is 13.8 Å². The summed E-state index contributed by atoms with van der Waals surface area (Å²) in [6.45, 7) is 5.09. The van der Waals surface area contributed by atoms with E-state index < -0.39 is 19.5 Å². The van der Waals surface area contributed by atoms with Crippen LogP contribution in [0.3, 0.4) is 0 Å². The van der Waals surface area contributed by atoms with Crippen molar-refractivity contribution in [2.45, 2.75) is 58.2 Å². The molecule has 0 spiro atoms. The highest BCUT2D eigenvalue weighted by molar-refractivity contribution is 7.55. The van der Waals surface area contributed by atoms with Gasteiger partial charge in [-0.1, -0.05) is 36.4 Å². The molecule has 0 N–H and O–H groups in total. The van der Waals surface area contributed by atoms with Crippen LogP contribution in [0.4, 0.5) is 15.0 Å². The maximum Gasteiger partial charge on any atom is 0.436 e. The molecule has 10 heteroatoms. The lowest BCUT2D eigenvalue weighted by atomic mass is 9.97. The van der Waals surface area contributed by atoms with Gasteiger partial charge in [0.25, 0.3) is 0 Å². The largest absolute Gasteiger partial charge is 0.445 e. The van der Waals surface area contributed by atoms with Crippen molar-refractivity contribution in [1.82, 2.24) is 9.88 Å². The van der Waals surface area contributed by atoms with Crippen LogP contribution in [0.25, 0.3) is 0 Å². The van der Waals surface area contributed by atoms with E-state index in [1.54, 1.807) is 18.5 Å². The van der Waals surface area contributed by atoms with Gasteiger partial charge < -0.3 is 9.64 Å². The van der Waals surface area contributed by atoms with Crippen LogP contribution in [0.1, 0.15) is 49.9 Å². The van der Waals surface area contributed by atoms with E-state index >= 15 is 4.39 Å². The first-order valence-electron chi connectivity index (χ1n) is 12.7. The Bertz CT molecular complexity index is 1080. The van der Waals surface area contributed by atoms with Gasteiger partial charge in [0.1, 0.15) is 18.1 Å². The number of amides is 1. The number of alkyl halides is 1. The summed E-state index contributed by atoms with van der Waals surface area (Å²) in [6, 6.07) is 13.3.